The molecule has 1 unspecified atom stereocenters. The highest BCUT2D eigenvalue weighted by Crippen LogP contribution is 2.29. The second-order valence-electron chi connectivity index (χ2n) is 6.60. The molecule has 1 aliphatic heterocycles. The van der Waals surface area contributed by atoms with Crippen LogP contribution in [0.25, 0.3) is 0 Å². The fraction of sp³-hybridized carbons (Fsp3) is 0.350. The van der Waals surface area contributed by atoms with Crippen molar-refractivity contribution < 1.29 is 17.9 Å². The number of carbonyl (C=O) groups excluding carboxylic acids is 1. The minimum Gasteiger partial charge on any atom is -0.376 e. The summed E-state index contributed by atoms with van der Waals surface area (Å²) in [5.74, 6) is -0.689. The number of anilines is 1. The van der Waals surface area contributed by atoms with Crippen LogP contribution in [0.3, 0.4) is 0 Å². The summed E-state index contributed by atoms with van der Waals surface area (Å²) in [6.07, 6.45) is 0.0571. The van der Waals surface area contributed by atoms with Crippen LogP contribution in [0.2, 0.25) is 0 Å². The molecule has 0 bridgehead atoms. The molecule has 1 heterocycles. The number of benzene rings is 2. The molecule has 0 aliphatic carbocycles. The van der Waals surface area contributed by atoms with Crippen molar-refractivity contribution in [3.63, 3.8) is 0 Å². The number of nitrogens with one attached hydrogen (secondary N) is 1. The summed E-state index contributed by atoms with van der Waals surface area (Å²) in [5, 5.41) is 0. The first kappa shape index (κ1) is 19.4. The fourth-order valence-corrected chi connectivity index (χ4v) is 4.70. The Morgan fingerprint density at radius 2 is 1.89 bits per heavy atom. The normalized spacial score (nSPS) is 16.4. The van der Waals surface area contributed by atoms with E-state index in [2.05, 4.69) is 4.72 Å². The maximum Gasteiger partial charge on any atom is 0.326 e. The van der Waals surface area contributed by atoms with Gasteiger partial charge in [0.1, 0.15) is 0 Å². The highest BCUT2D eigenvalue weighted by atomic mass is 32.2. The molecule has 7 heteroatoms. The lowest BCUT2D eigenvalue weighted by molar-refractivity contribution is -0.120. The minimum absolute atomic E-state index is 0.0571. The van der Waals surface area contributed by atoms with Crippen LogP contribution in [0.4, 0.5) is 5.69 Å². The van der Waals surface area contributed by atoms with Crippen LogP contribution in [0.1, 0.15) is 36.0 Å². The van der Waals surface area contributed by atoms with Gasteiger partial charge in [0.25, 0.3) is 0 Å². The molecule has 3 rings (SSSR count). The molecule has 1 atom stereocenters. The molecule has 0 saturated carbocycles. The lowest BCUT2D eigenvalue weighted by atomic mass is 9.90. The molecule has 2 aromatic rings. The van der Waals surface area contributed by atoms with Gasteiger partial charge >= 0.3 is 10.2 Å². The highest BCUT2D eigenvalue weighted by molar-refractivity contribution is 7.91. The zero-order valence-electron chi connectivity index (χ0n) is 15.5. The Bertz CT molecular complexity index is 927. The van der Waals surface area contributed by atoms with Crippen LogP contribution in [0.5, 0.6) is 0 Å². The first-order valence-electron chi connectivity index (χ1n) is 8.97. The van der Waals surface area contributed by atoms with Gasteiger partial charge in [0.05, 0.1) is 18.9 Å². The Kier molecular flexibility index (Phi) is 5.82. The molecule has 0 saturated heterocycles. The maximum atomic E-state index is 12.8. The smallest absolute Gasteiger partial charge is 0.326 e. The summed E-state index contributed by atoms with van der Waals surface area (Å²) in [6, 6.07) is 15.0. The molecule has 144 valence electrons. The topological polar surface area (TPSA) is 75.7 Å². The predicted octanol–water partition coefficient (Wildman–Crippen LogP) is 2.89. The van der Waals surface area contributed by atoms with Crippen molar-refractivity contribution in [3.05, 3.63) is 65.2 Å². The summed E-state index contributed by atoms with van der Waals surface area (Å²) in [7, 11) is -3.98. The van der Waals surface area contributed by atoms with Crippen LogP contribution < -0.4 is 9.03 Å². The van der Waals surface area contributed by atoms with Crippen molar-refractivity contribution in [1.82, 2.24) is 4.72 Å². The van der Waals surface area contributed by atoms with Crippen molar-refractivity contribution in [3.8, 4) is 0 Å². The number of hydrogen-bond donors (Lipinski definition) is 1. The van der Waals surface area contributed by atoms with Crippen LogP contribution in [0, 0.1) is 6.92 Å². The van der Waals surface area contributed by atoms with E-state index in [1.165, 1.54) is 4.31 Å². The number of fused-ring (bicyclic) bond motifs is 1. The minimum atomic E-state index is -3.98. The van der Waals surface area contributed by atoms with Gasteiger partial charge in [0, 0.05) is 18.9 Å². The van der Waals surface area contributed by atoms with Gasteiger partial charge in [-0.15, -0.1) is 0 Å². The molecule has 1 N–H and O–H groups in total. The Balaban J connectivity index is 1.74. The molecule has 6 nitrogen and oxygen atoms in total. The molecule has 0 spiro atoms. The third kappa shape index (κ3) is 4.31. The number of amides is 1. The largest absolute Gasteiger partial charge is 0.376 e. The quantitative estimate of drug-likeness (QED) is 0.826. The van der Waals surface area contributed by atoms with Gasteiger partial charge in [-0.2, -0.15) is 8.42 Å². The van der Waals surface area contributed by atoms with Gasteiger partial charge in [0.2, 0.25) is 5.91 Å². The maximum absolute atomic E-state index is 12.8. The van der Waals surface area contributed by atoms with Crippen LogP contribution >= 0.6 is 0 Å². The summed E-state index contributed by atoms with van der Waals surface area (Å²) >= 11 is 0. The number of hydrogen-bond acceptors (Lipinski definition) is 4. The Morgan fingerprint density at radius 1 is 1.19 bits per heavy atom. The molecule has 27 heavy (non-hydrogen) atoms. The van der Waals surface area contributed by atoms with Crippen molar-refractivity contribution >= 4 is 21.8 Å². The number of carbonyl (C=O) groups is 1. The Hall–Kier alpha value is -2.38. The molecule has 0 aromatic heterocycles. The molecular formula is C20H24N2O4S. The SMILES string of the molecule is CCN(c1ccccc1C)S(=O)(=O)NC(=O)CC1COCc2ccccc21. The summed E-state index contributed by atoms with van der Waals surface area (Å²) in [4.78, 5) is 12.5. The molecule has 1 amide bonds. The van der Waals surface area contributed by atoms with E-state index in [9.17, 15) is 13.2 Å². The first-order valence-corrected chi connectivity index (χ1v) is 10.4. The van der Waals surface area contributed by atoms with Crippen molar-refractivity contribution in [2.45, 2.75) is 32.8 Å². The number of rotatable bonds is 6. The monoisotopic (exact) mass is 388 g/mol. The highest BCUT2D eigenvalue weighted by Gasteiger charge is 2.28. The molecule has 0 fully saturated rings. The van der Waals surface area contributed by atoms with E-state index < -0.39 is 16.1 Å². The third-order valence-corrected chi connectivity index (χ3v) is 6.23. The van der Waals surface area contributed by atoms with Crippen LogP contribution in [-0.4, -0.2) is 27.5 Å². The van der Waals surface area contributed by atoms with Gasteiger partial charge in [-0.1, -0.05) is 42.5 Å². The van der Waals surface area contributed by atoms with E-state index in [0.717, 1.165) is 16.7 Å². The predicted molar refractivity (Wildman–Crippen MR) is 105 cm³/mol. The van der Waals surface area contributed by atoms with Crippen molar-refractivity contribution in [2.75, 3.05) is 17.5 Å². The van der Waals surface area contributed by atoms with E-state index in [1.54, 1.807) is 19.1 Å². The van der Waals surface area contributed by atoms with E-state index in [4.69, 9.17) is 4.74 Å². The average Bonchev–Trinajstić information content (AvgIpc) is 2.63. The zero-order chi connectivity index (χ0) is 19.4. The second kappa shape index (κ2) is 8.10. The van der Waals surface area contributed by atoms with Gasteiger partial charge < -0.3 is 4.74 Å². The van der Waals surface area contributed by atoms with E-state index in [0.29, 0.717) is 18.9 Å². The number of ether oxygens (including phenoxy) is 1. The Morgan fingerprint density at radius 3 is 2.63 bits per heavy atom. The van der Waals surface area contributed by atoms with E-state index in [-0.39, 0.29) is 18.9 Å². The second-order valence-corrected chi connectivity index (χ2v) is 8.19. The lowest BCUT2D eigenvalue weighted by Gasteiger charge is -2.27. The first-order chi connectivity index (χ1) is 12.9. The fourth-order valence-electron chi connectivity index (χ4n) is 3.41. The lowest BCUT2D eigenvalue weighted by Crippen LogP contribution is -2.44. The van der Waals surface area contributed by atoms with Gasteiger partial charge in [-0.25, -0.2) is 4.72 Å². The number of aryl methyl sites for hydroxylation is 1. The third-order valence-electron chi connectivity index (χ3n) is 4.71. The van der Waals surface area contributed by atoms with Crippen LogP contribution in [-0.2, 0) is 26.3 Å². The molecular weight excluding hydrogens is 364 g/mol. The molecule has 0 radical (unpaired) electrons. The van der Waals surface area contributed by atoms with Gasteiger partial charge in [-0.05, 0) is 36.6 Å². The van der Waals surface area contributed by atoms with Crippen molar-refractivity contribution in [1.29, 1.82) is 0 Å². The average molecular weight is 388 g/mol. The standard InChI is InChI=1S/C20H24N2O4S/c1-3-22(19-11-7-4-8-15(19)2)27(24,25)21-20(23)12-17-14-26-13-16-9-5-6-10-18(16)17/h4-11,17H,3,12-14H2,1-2H3,(H,21,23). The molecule has 2 aromatic carbocycles. The molecule has 1 aliphatic rings. The summed E-state index contributed by atoms with van der Waals surface area (Å²) in [6.45, 7) is 4.72. The number of para-hydroxylation sites is 1. The van der Waals surface area contributed by atoms with Crippen molar-refractivity contribution in [2.24, 2.45) is 0 Å². The Labute approximate surface area is 160 Å². The zero-order valence-corrected chi connectivity index (χ0v) is 16.3. The van der Waals surface area contributed by atoms with E-state index in [1.807, 2.05) is 43.3 Å². The van der Waals surface area contributed by atoms with Crippen LogP contribution in [0.15, 0.2) is 48.5 Å². The van der Waals surface area contributed by atoms with Gasteiger partial charge in [0.15, 0.2) is 0 Å². The van der Waals surface area contributed by atoms with Gasteiger partial charge in [-0.3, -0.25) is 9.10 Å². The summed E-state index contributed by atoms with van der Waals surface area (Å²) in [5.41, 5.74) is 3.47. The summed E-state index contributed by atoms with van der Waals surface area (Å²) < 4.78 is 34.5. The number of nitrogens with zero attached hydrogens (tertiary/aromatic N) is 1. The van der Waals surface area contributed by atoms with E-state index >= 15 is 0 Å².